The van der Waals surface area contributed by atoms with Crippen molar-refractivity contribution in [1.82, 2.24) is 5.32 Å². The van der Waals surface area contributed by atoms with Gasteiger partial charge in [-0.15, -0.1) is 0 Å². The molecule has 0 saturated carbocycles. The fourth-order valence-electron chi connectivity index (χ4n) is 4.34. The molecule has 2 aromatic carbocycles. The van der Waals surface area contributed by atoms with E-state index in [4.69, 9.17) is 27.9 Å². The summed E-state index contributed by atoms with van der Waals surface area (Å²) in [4.78, 5) is 12.9. The number of amides is 1. The first kappa shape index (κ1) is 37.0. The number of ether oxygens (including phenoxy) is 5. The number of hydrogen-bond acceptors (Lipinski definition) is 9. The molecule has 1 N–H and O–H groups in total. The third-order valence-electron chi connectivity index (χ3n) is 6.56. The Hall–Kier alpha value is -3.18. The van der Waals surface area contributed by atoms with E-state index in [0.29, 0.717) is 41.8 Å². The SMILES string of the molecule is CCCCCOc1cc(C[C@@H](COS(=O)(=O)c2ccc(C)cc2)NC(=O)OC(C)(C)C)c(OCCCCC)c(OC)c1OC. The minimum atomic E-state index is -4.11. The van der Waals surface area contributed by atoms with Gasteiger partial charge in [0.1, 0.15) is 5.60 Å². The van der Waals surface area contributed by atoms with Crippen LogP contribution in [0.4, 0.5) is 4.79 Å². The van der Waals surface area contributed by atoms with Crippen LogP contribution in [0.3, 0.4) is 0 Å². The van der Waals surface area contributed by atoms with Crippen LogP contribution in [0.25, 0.3) is 0 Å². The lowest BCUT2D eigenvalue weighted by molar-refractivity contribution is 0.0488. The van der Waals surface area contributed by atoms with Crippen molar-refractivity contribution in [1.29, 1.82) is 0 Å². The van der Waals surface area contributed by atoms with Crippen LogP contribution in [-0.2, 0) is 25.5 Å². The number of rotatable bonds is 19. The highest BCUT2D eigenvalue weighted by Gasteiger charge is 2.28. The monoisotopic (exact) mass is 637 g/mol. The van der Waals surface area contributed by atoms with E-state index in [2.05, 4.69) is 19.2 Å². The van der Waals surface area contributed by atoms with Crippen LogP contribution in [0.15, 0.2) is 35.2 Å². The second-order valence-electron chi connectivity index (χ2n) is 11.6. The van der Waals surface area contributed by atoms with Gasteiger partial charge in [-0.2, -0.15) is 8.42 Å². The average molecular weight is 638 g/mol. The molecule has 0 spiro atoms. The molecule has 0 aromatic heterocycles. The van der Waals surface area contributed by atoms with Crippen molar-refractivity contribution in [3.05, 3.63) is 41.5 Å². The maximum absolute atomic E-state index is 13.0. The fraction of sp³-hybridized carbons (Fsp3) is 0.606. The zero-order valence-corrected chi connectivity index (χ0v) is 28.4. The molecule has 2 rings (SSSR count). The maximum atomic E-state index is 13.0. The van der Waals surface area contributed by atoms with Gasteiger partial charge in [0, 0.05) is 5.56 Å². The van der Waals surface area contributed by atoms with Crippen molar-refractivity contribution in [3.8, 4) is 23.0 Å². The molecule has 1 amide bonds. The quantitative estimate of drug-likeness (QED) is 0.128. The molecule has 1 atom stereocenters. The maximum Gasteiger partial charge on any atom is 0.407 e. The van der Waals surface area contributed by atoms with Gasteiger partial charge in [-0.25, -0.2) is 4.79 Å². The predicted octanol–water partition coefficient (Wildman–Crippen LogP) is 6.99. The lowest BCUT2D eigenvalue weighted by Gasteiger charge is -2.25. The van der Waals surface area contributed by atoms with Crippen molar-refractivity contribution in [2.75, 3.05) is 34.0 Å². The Kier molecular flexibility index (Phi) is 15.1. The Balaban J connectivity index is 2.51. The van der Waals surface area contributed by atoms with Crippen LogP contribution in [0.2, 0.25) is 0 Å². The highest BCUT2D eigenvalue weighted by atomic mass is 32.2. The second-order valence-corrected chi connectivity index (χ2v) is 13.3. The zero-order valence-electron chi connectivity index (χ0n) is 27.6. The third kappa shape index (κ3) is 12.1. The summed E-state index contributed by atoms with van der Waals surface area (Å²) in [6, 6.07) is 7.33. The van der Waals surface area contributed by atoms with Crippen LogP contribution in [-0.4, -0.2) is 60.2 Å². The average Bonchev–Trinajstić information content (AvgIpc) is 2.95. The van der Waals surface area contributed by atoms with Gasteiger partial charge in [0.05, 0.1) is 45.0 Å². The highest BCUT2D eigenvalue weighted by Crippen LogP contribution is 2.47. The van der Waals surface area contributed by atoms with Crippen LogP contribution in [0.5, 0.6) is 23.0 Å². The van der Waals surface area contributed by atoms with Gasteiger partial charge in [-0.1, -0.05) is 57.2 Å². The number of carbonyl (C=O) groups is 1. The predicted molar refractivity (Wildman–Crippen MR) is 171 cm³/mol. The lowest BCUT2D eigenvalue weighted by atomic mass is 10.0. The summed E-state index contributed by atoms with van der Waals surface area (Å²) in [5.41, 5.74) is 0.780. The molecule has 0 heterocycles. The molecule has 0 radical (unpaired) electrons. The molecule has 0 saturated heterocycles. The number of methoxy groups -OCH3 is 2. The molecule has 0 aliphatic carbocycles. The Morgan fingerprint density at radius 3 is 2.00 bits per heavy atom. The molecule has 0 aliphatic rings. The van der Waals surface area contributed by atoms with Gasteiger partial charge >= 0.3 is 6.09 Å². The highest BCUT2D eigenvalue weighted by molar-refractivity contribution is 7.86. The number of unbranched alkanes of at least 4 members (excludes halogenated alkanes) is 4. The van der Waals surface area contributed by atoms with Crippen molar-refractivity contribution in [2.45, 2.75) is 103 Å². The molecule has 2 aromatic rings. The minimum absolute atomic E-state index is 0.0212. The second kappa shape index (κ2) is 17.9. The molecule has 0 aliphatic heterocycles. The summed E-state index contributed by atoms with van der Waals surface area (Å²) >= 11 is 0. The fourth-order valence-corrected chi connectivity index (χ4v) is 5.29. The van der Waals surface area contributed by atoms with E-state index in [1.165, 1.54) is 26.4 Å². The Morgan fingerprint density at radius 2 is 1.45 bits per heavy atom. The van der Waals surface area contributed by atoms with Gasteiger partial charge in [0.25, 0.3) is 10.1 Å². The van der Waals surface area contributed by atoms with Crippen molar-refractivity contribution < 1.29 is 41.1 Å². The van der Waals surface area contributed by atoms with Crippen molar-refractivity contribution in [3.63, 3.8) is 0 Å². The summed E-state index contributed by atoms with van der Waals surface area (Å²) in [6.45, 7) is 11.9. The lowest BCUT2D eigenvalue weighted by Crippen LogP contribution is -2.43. The minimum Gasteiger partial charge on any atom is -0.490 e. The Morgan fingerprint density at radius 1 is 0.864 bits per heavy atom. The normalized spacial score (nSPS) is 12.4. The molecule has 248 valence electrons. The van der Waals surface area contributed by atoms with E-state index in [1.54, 1.807) is 39.0 Å². The molecular weight excluding hydrogens is 586 g/mol. The number of nitrogens with one attached hydrogen (secondary N) is 1. The third-order valence-corrected chi connectivity index (χ3v) is 7.86. The smallest absolute Gasteiger partial charge is 0.407 e. The van der Waals surface area contributed by atoms with Gasteiger partial charge in [0.15, 0.2) is 11.5 Å². The molecule has 10 nitrogen and oxygen atoms in total. The van der Waals surface area contributed by atoms with Crippen LogP contribution < -0.4 is 24.3 Å². The molecule has 0 fully saturated rings. The van der Waals surface area contributed by atoms with Crippen LogP contribution in [0, 0.1) is 6.92 Å². The summed E-state index contributed by atoms with van der Waals surface area (Å²) in [6.07, 6.45) is 5.17. The first-order chi connectivity index (χ1) is 20.8. The van der Waals surface area contributed by atoms with Crippen molar-refractivity contribution >= 4 is 16.2 Å². The van der Waals surface area contributed by atoms with E-state index in [-0.39, 0.29) is 17.9 Å². The topological polar surface area (TPSA) is 119 Å². The van der Waals surface area contributed by atoms with E-state index in [0.717, 1.165) is 44.1 Å². The Labute approximate surface area is 263 Å². The first-order valence-corrected chi connectivity index (χ1v) is 16.7. The van der Waals surface area contributed by atoms with Crippen molar-refractivity contribution in [2.24, 2.45) is 0 Å². The molecule has 0 bridgehead atoms. The van der Waals surface area contributed by atoms with E-state index >= 15 is 0 Å². The van der Waals surface area contributed by atoms with Gasteiger partial charge in [-0.05, 0) is 65.2 Å². The van der Waals surface area contributed by atoms with Crippen LogP contribution >= 0.6 is 0 Å². The van der Waals surface area contributed by atoms with Gasteiger partial charge < -0.3 is 29.0 Å². The van der Waals surface area contributed by atoms with Gasteiger partial charge in [0.2, 0.25) is 11.5 Å². The summed E-state index contributed by atoms with van der Waals surface area (Å²) in [5.74, 6) is 1.64. The molecule has 11 heteroatoms. The zero-order chi connectivity index (χ0) is 32.8. The summed E-state index contributed by atoms with van der Waals surface area (Å²) < 4.78 is 60.9. The number of alkyl carbamates (subject to hydrolysis) is 1. The molecule has 44 heavy (non-hydrogen) atoms. The summed E-state index contributed by atoms with van der Waals surface area (Å²) in [7, 11) is -1.05. The van der Waals surface area contributed by atoms with E-state index in [9.17, 15) is 13.2 Å². The largest absolute Gasteiger partial charge is 0.490 e. The number of aryl methyl sites for hydroxylation is 1. The van der Waals surface area contributed by atoms with Crippen LogP contribution in [0.1, 0.15) is 84.3 Å². The Bertz CT molecular complexity index is 1270. The molecular formula is C33H51NO9S. The number of carbonyl (C=O) groups excluding carboxylic acids is 1. The van der Waals surface area contributed by atoms with E-state index in [1.807, 2.05) is 6.92 Å². The standard InChI is InChI=1S/C33H51NO9S/c1-9-11-13-19-40-28-22-25(29(41-20-14-12-10-2)31(39-8)30(28)38-7)21-26(34-32(35)43-33(4,5)6)23-42-44(36,37)27-17-15-24(3)16-18-27/h15-18,22,26H,9-14,19-21,23H2,1-8H3,(H,34,35)/t26-/m0/s1. The molecule has 0 unspecified atom stereocenters. The number of benzene rings is 2. The summed E-state index contributed by atoms with van der Waals surface area (Å²) in [5, 5.41) is 2.79. The number of hydrogen-bond donors (Lipinski definition) is 1. The van der Waals surface area contributed by atoms with Gasteiger partial charge in [-0.3, -0.25) is 4.18 Å². The first-order valence-electron chi connectivity index (χ1n) is 15.3. The van der Waals surface area contributed by atoms with E-state index < -0.39 is 27.9 Å².